The van der Waals surface area contributed by atoms with Crippen molar-refractivity contribution >= 4 is 21.7 Å². The van der Waals surface area contributed by atoms with Crippen LogP contribution >= 0.6 is 0 Å². The molecular weight excluding hydrogens is 352 g/mol. The number of ether oxygens (including phenoxy) is 1. The first-order valence-electron chi connectivity index (χ1n) is 9.29. The summed E-state index contributed by atoms with van der Waals surface area (Å²) in [5, 5.41) is 3.03. The molecule has 0 aromatic heterocycles. The molecule has 0 spiro atoms. The van der Waals surface area contributed by atoms with Crippen LogP contribution in [-0.2, 0) is 27.6 Å². The average Bonchev–Trinajstić information content (AvgIpc) is 3.08. The zero-order chi connectivity index (χ0) is 18.4. The number of fused-ring (bicyclic) bond motifs is 1. The lowest BCUT2D eigenvalue weighted by Crippen LogP contribution is -2.37. The van der Waals surface area contributed by atoms with Gasteiger partial charge in [-0.15, -0.1) is 0 Å². The van der Waals surface area contributed by atoms with Crippen molar-refractivity contribution < 1.29 is 13.2 Å². The Morgan fingerprint density at radius 1 is 1.23 bits per heavy atom. The number of hydrogen-bond donors (Lipinski definition) is 3. The third-order valence-corrected chi connectivity index (χ3v) is 6.14. The van der Waals surface area contributed by atoms with Crippen LogP contribution in [0.25, 0.3) is 0 Å². The number of hydrogen-bond acceptors (Lipinski definition) is 4. The molecule has 0 saturated carbocycles. The minimum absolute atomic E-state index is 0.0198. The van der Waals surface area contributed by atoms with Gasteiger partial charge in [-0.25, -0.2) is 13.1 Å². The SMILES string of the molecule is NC(=NCCS(=O)(=O)NCC1CCCCO1)Nc1ccc2c(c1)CCC2. The second-order valence-electron chi connectivity index (χ2n) is 6.88. The van der Waals surface area contributed by atoms with Crippen molar-refractivity contribution in [2.75, 3.05) is 30.8 Å². The highest BCUT2D eigenvalue weighted by Crippen LogP contribution is 2.24. The lowest BCUT2D eigenvalue weighted by Gasteiger charge is -2.22. The van der Waals surface area contributed by atoms with Crippen molar-refractivity contribution in [2.24, 2.45) is 10.7 Å². The van der Waals surface area contributed by atoms with Crippen molar-refractivity contribution in [1.29, 1.82) is 0 Å². The largest absolute Gasteiger partial charge is 0.377 e. The fraction of sp³-hybridized carbons (Fsp3) is 0.611. The van der Waals surface area contributed by atoms with E-state index in [4.69, 9.17) is 10.5 Å². The molecule has 2 aliphatic rings. The Hall–Kier alpha value is -1.64. The minimum atomic E-state index is -3.38. The van der Waals surface area contributed by atoms with E-state index in [0.717, 1.165) is 37.8 Å². The number of nitrogens with one attached hydrogen (secondary N) is 2. The number of sulfonamides is 1. The van der Waals surface area contributed by atoms with Crippen molar-refractivity contribution in [2.45, 2.75) is 44.6 Å². The molecule has 0 bridgehead atoms. The van der Waals surface area contributed by atoms with Crippen molar-refractivity contribution in [3.05, 3.63) is 29.3 Å². The summed E-state index contributed by atoms with van der Waals surface area (Å²) in [6.45, 7) is 1.15. The number of guanidine groups is 1. The molecule has 1 aromatic rings. The van der Waals surface area contributed by atoms with Gasteiger partial charge < -0.3 is 15.8 Å². The number of rotatable bonds is 7. The summed E-state index contributed by atoms with van der Waals surface area (Å²) >= 11 is 0. The number of aryl methyl sites for hydroxylation is 2. The first-order valence-corrected chi connectivity index (χ1v) is 10.9. The van der Waals surface area contributed by atoms with E-state index in [-0.39, 0.29) is 24.4 Å². The summed E-state index contributed by atoms with van der Waals surface area (Å²) in [4.78, 5) is 4.13. The predicted molar refractivity (Wildman–Crippen MR) is 104 cm³/mol. The van der Waals surface area contributed by atoms with Gasteiger partial charge in [0.25, 0.3) is 0 Å². The molecule has 1 heterocycles. The van der Waals surface area contributed by atoms with Gasteiger partial charge in [0.15, 0.2) is 5.96 Å². The predicted octanol–water partition coefficient (Wildman–Crippen LogP) is 1.39. The third-order valence-electron chi connectivity index (χ3n) is 4.82. The lowest BCUT2D eigenvalue weighted by molar-refractivity contribution is 0.0200. The normalized spacial score (nSPS) is 20.8. The maximum Gasteiger partial charge on any atom is 0.213 e. The molecule has 1 aliphatic heterocycles. The Bertz CT molecular complexity index is 743. The first-order chi connectivity index (χ1) is 12.5. The molecule has 0 amide bonds. The molecule has 7 nitrogen and oxygen atoms in total. The Labute approximate surface area is 155 Å². The summed E-state index contributed by atoms with van der Waals surface area (Å²) in [6.07, 6.45) is 6.44. The van der Waals surface area contributed by atoms with E-state index >= 15 is 0 Å². The summed E-state index contributed by atoms with van der Waals surface area (Å²) in [5.74, 6) is 0.139. The monoisotopic (exact) mass is 380 g/mol. The van der Waals surface area contributed by atoms with E-state index in [1.807, 2.05) is 6.07 Å². The molecular formula is C18H28N4O3S. The Balaban J connectivity index is 1.43. The van der Waals surface area contributed by atoms with Crippen molar-refractivity contribution in [3.8, 4) is 0 Å². The standard InChI is InChI=1S/C18H28N4O3S/c19-18(22-16-8-7-14-4-3-5-15(14)12-16)20-9-11-26(23,24)21-13-17-6-1-2-10-25-17/h7-8,12,17,21H,1-6,9-11,13H2,(H3,19,20,22). The van der Waals surface area contributed by atoms with Gasteiger partial charge in [0.1, 0.15) is 0 Å². The zero-order valence-corrected chi connectivity index (χ0v) is 15.9. The smallest absolute Gasteiger partial charge is 0.213 e. The van der Waals surface area contributed by atoms with E-state index < -0.39 is 10.0 Å². The summed E-state index contributed by atoms with van der Waals surface area (Å²) in [7, 11) is -3.38. The Kier molecular flexibility index (Phi) is 6.50. The Morgan fingerprint density at radius 2 is 2.08 bits per heavy atom. The van der Waals surface area contributed by atoms with Crippen molar-refractivity contribution in [1.82, 2.24) is 4.72 Å². The van der Waals surface area contributed by atoms with Gasteiger partial charge >= 0.3 is 0 Å². The quantitative estimate of drug-likeness (QED) is 0.490. The van der Waals surface area contributed by atoms with E-state index in [1.165, 1.54) is 17.5 Å². The van der Waals surface area contributed by atoms with Gasteiger partial charge in [0.2, 0.25) is 10.0 Å². The molecule has 0 radical (unpaired) electrons. The summed E-state index contributed by atoms with van der Waals surface area (Å²) in [5.41, 5.74) is 9.51. The van der Waals surface area contributed by atoms with Gasteiger partial charge in [-0.05, 0) is 61.8 Å². The molecule has 4 N–H and O–H groups in total. The molecule has 1 fully saturated rings. The molecule has 1 atom stereocenters. The molecule has 8 heteroatoms. The molecule has 1 saturated heterocycles. The van der Waals surface area contributed by atoms with Crippen molar-refractivity contribution in [3.63, 3.8) is 0 Å². The van der Waals surface area contributed by atoms with Crippen LogP contribution in [0.4, 0.5) is 5.69 Å². The second-order valence-corrected chi connectivity index (χ2v) is 8.81. The summed E-state index contributed by atoms with van der Waals surface area (Å²) in [6, 6.07) is 6.18. The molecule has 144 valence electrons. The van der Waals surface area contributed by atoms with E-state index in [2.05, 4.69) is 27.2 Å². The van der Waals surface area contributed by atoms with Gasteiger partial charge in [-0.3, -0.25) is 4.99 Å². The number of aliphatic imine (C=N–C) groups is 1. The fourth-order valence-electron chi connectivity index (χ4n) is 3.38. The second kappa shape index (κ2) is 8.83. The highest BCUT2D eigenvalue weighted by Gasteiger charge is 2.17. The minimum Gasteiger partial charge on any atom is -0.377 e. The van der Waals surface area contributed by atoms with Crippen LogP contribution in [0, 0.1) is 0 Å². The highest BCUT2D eigenvalue weighted by atomic mass is 32.2. The topological polar surface area (TPSA) is 106 Å². The van der Waals surface area contributed by atoms with Crippen LogP contribution < -0.4 is 15.8 Å². The maximum atomic E-state index is 12.0. The maximum absolute atomic E-state index is 12.0. The van der Waals surface area contributed by atoms with Gasteiger partial charge in [-0.2, -0.15) is 0 Å². The molecule has 1 unspecified atom stereocenters. The van der Waals surface area contributed by atoms with Crippen LogP contribution in [0.1, 0.15) is 36.8 Å². The Morgan fingerprint density at radius 3 is 2.88 bits per heavy atom. The van der Waals surface area contributed by atoms with Crippen LogP contribution in [0.2, 0.25) is 0 Å². The number of benzene rings is 1. The fourth-order valence-corrected chi connectivity index (χ4v) is 4.30. The van der Waals surface area contributed by atoms with E-state index in [1.54, 1.807) is 0 Å². The van der Waals surface area contributed by atoms with Crippen LogP contribution in [0.3, 0.4) is 0 Å². The number of nitrogens with two attached hydrogens (primary N) is 1. The average molecular weight is 381 g/mol. The molecule has 3 rings (SSSR count). The number of nitrogens with zero attached hydrogens (tertiary/aromatic N) is 1. The summed E-state index contributed by atoms with van der Waals surface area (Å²) < 4.78 is 32.2. The van der Waals surface area contributed by atoms with Gasteiger partial charge in [0, 0.05) is 18.8 Å². The molecule has 1 aromatic carbocycles. The van der Waals surface area contributed by atoms with Gasteiger partial charge in [0.05, 0.1) is 18.4 Å². The zero-order valence-electron chi connectivity index (χ0n) is 15.0. The lowest BCUT2D eigenvalue weighted by atomic mass is 10.1. The van der Waals surface area contributed by atoms with Crippen LogP contribution in [0.15, 0.2) is 23.2 Å². The van der Waals surface area contributed by atoms with E-state index in [9.17, 15) is 8.42 Å². The molecule has 1 aliphatic carbocycles. The van der Waals surface area contributed by atoms with Gasteiger partial charge in [-0.1, -0.05) is 6.07 Å². The molecule has 26 heavy (non-hydrogen) atoms. The van der Waals surface area contributed by atoms with E-state index in [0.29, 0.717) is 13.2 Å². The van der Waals surface area contributed by atoms with Crippen LogP contribution in [0.5, 0.6) is 0 Å². The third kappa shape index (κ3) is 5.69. The number of anilines is 1. The van der Waals surface area contributed by atoms with Crippen LogP contribution in [-0.4, -0.2) is 45.9 Å². The first kappa shape index (κ1) is 19.1. The highest BCUT2D eigenvalue weighted by molar-refractivity contribution is 7.89.